The van der Waals surface area contributed by atoms with Gasteiger partial charge in [-0.15, -0.1) is 0 Å². The van der Waals surface area contributed by atoms with Crippen LogP contribution >= 0.6 is 0 Å². The zero-order valence-electron chi connectivity index (χ0n) is 19.8. The Bertz CT molecular complexity index is 989. The molecule has 1 atom stereocenters. The minimum absolute atomic E-state index is 0.183. The van der Waals surface area contributed by atoms with E-state index in [4.69, 9.17) is 4.74 Å². The van der Waals surface area contributed by atoms with E-state index in [1.807, 2.05) is 18.7 Å². The summed E-state index contributed by atoms with van der Waals surface area (Å²) in [5.74, 6) is 0.267. The fraction of sp³-hybridized carbons (Fsp3) is 0.522. The van der Waals surface area contributed by atoms with Crippen LogP contribution < -0.4 is 16.0 Å². The summed E-state index contributed by atoms with van der Waals surface area (Å²) in [6.45, 7) is 6.00. The lowest BCUT2D eigenvalue weighted by Crippen LogP contribution is -2.33. The Hall–Kier alpha value is -3.50. The highest BCUT2D eigenvalue weighted by Crippen LogP contribution is 2.19. The van der Waals surface area contributed by atoms with Gasteiger partial charge >= 0.3 is 5.97 Å². The molecule has 2 aromatic rings. The van der Waals surface area contributed by atoms with Gasteiger partial charge in [0.05, 0.1) is 7.11 Å². The van der Waals surface area contributed by atoms with Crippen LogP contribution in [0.15, 0.2) is 24.3 Å². The summed E-state index contributed by atoms with van der Waals surface area (Å²) < 4.78 is 18.5. The number of amides is 1. The number of aromatic nitrogens is 3. The summed E-state index contributed by atoms with van der Waals surface area (Å²) in [4.78, 5) is 39.0. The second kappa shape index (κ2) is 12.1. The summed E-state index contributed by atoms with van der Waals surface area (Å²) in [5.41, 5.74) is 0.474. The normalized spacial score (nSPS) is 14.3. The largest absolute Gasteiger partial charge is 0.467 e. The number of nitrogens with zero attached hydrogens (tertiary/aromatic N) is 4. The van der Waals surface area contributed by atoms with Gasteiger partial charge in [0.25, 0.3) is 0 Å². The number of hydrogen-bond donors (Lipinski definition) is 3. The minimum atomic E-state index is -0.636. The lowest BCUT2D eigenvalue weighted by Gasteiger charge is -2.19. The molecule has 10 nitrogen and oxygen atoms in total. The fourth-order valence-corrected chi connectivity index (χ4v) is 3.66. The van der Waals surface area contributed by atoms with Gasteiger partial charge in [-0.05, 0) is 43.4 Å². The molecule has 1 fully saturated rings. The average Bonchev–Trinajstić information content (AvgIpc) is 3.20. The highest BCUT2D eigenvalue weighted by atomic mass is 19.1. The van der Waals surface area contributed by atoms with Crippen molar-refractivity contribution < 1.29 is 18.7 Å². The van der Waals surface area contributed by atoms with Gasteiger partial charge in [0, 0.05) is 31.7 Å². The molecule has 0 bridgehead atoms. The van der Waals surface area contributed by atoms with Crippen LogP contribution in [0.1, 0.15) is 39.5 Å². The molecule has 184 valence electrons. The zero-order chi connectivity index (χ0) is 24.5. The molecule has 34 heavy (non-hydrogen) atoms. The molecule has 3 rings (SSSR count). The first-order chi connectivity index (χ1) is 16.3. The van der Waals surface area contributed by atoms with Crippen LogP contribution in [0, 0.1) is 11.7 Å². The Morgan fingerprint density at radius 1 is 1.21 bits per heavy atom. The summed E-state index contributed by atoms with van der Waals surface area (Å²) >= 11 is 0. The van der Waals surface area contributed by atoms with Crippen molar-refractivity contribution in [1.82, 2.24) is 19.9 Å². The van der Waals surface area contributed by atoms with Crippen LogP contribution in [-0.4, -0.2) is 64.5 Å². The van der Waals surface area contributed by atoms with Crippen LogP contribution in [0.4, 0.5) is 27.9 Å². The molecule has 0 spiro atoms. The van der Waals surface area contributed by atoms with Gasteiger partial charge < -0.3 is 25.6 Å². The fourth-order valence-electron chi connectivity index (χ4n) is 3.66. The Kier molecular flexibility index (Phi) is 8.94. The van der Waals surface area contributed by atoms with Gasteiger partial charge in [0.2, 0.25) is 23.8 Å². The Labute approximate surface area is 198 Å². The summed E-state index contributed by atoms with van der Waals surface area (Å²) in [6.07, 6.45) is 2.77. The number of benzene rings is 1. The summed E-state index contributed by atoms with van der Waals surface area (Å²) in [5, 5.41) is 9.16. The van der Waals surface area contributed by atoms with E-state index in [-0.39, 0.29) is 29.7 Å². The predicted octanol–water partition coefficient (Wildman–Crippen LogP) is 3.18. The van der Waals surface area contributed by atoms with Crippen LogP contribution in [0.3, 0.4) is 0 Å². The lowest BCUT2D eigenvalue weighted by atomic mass is 10.0. The quantitative estimate of drug-likeness (QED) is 0.315. The van der Waals surface area contributed by atoms with Gasteiger partial charge in [0.1, 0.15) is 11.9 Å². The molecule has 11 heteroatoms. The molecule has 1 aromatic heterocycles. The van der Waals surface area contributed by atoms with Crippen LogP contribution in [0.5, 0.6) is 0 Å². The van der Waals surface area contributed by atoms with Crippen molar-refractivity contribution in [1.29, 1.82) is 0 Å². The first kappa shape index (κ1) is 25.1. The number of halogens is 1. The Morgan fingerprint density at radius 2 is 1.97 bits per heavy atom. The van der Waals surface area contributed by atoms with Crippen LogP contribution in [0.25, 0.3) is 0 Å². The number of carbonyl (C=O) groups excluding carboxylic acids is 2. The maximum absolute atomic E-state index is 13.6. The molecule has 0 saturated carbocycles. The number of carbonyl (C=O) groups is 2. The van der Waals surface area contributed by atoms with Crippen molar-refractivity contribution >= 4 is 35.4 Å². The van der Waals surface area contributed by atoms with E-state index >= 15 is 0 Å². The molecule has 1 amide bonds. The highest BCUT2D eigenvalue weighted by Gasteiger charge is 2.22. The van der Waals surface area contributed by atoms with Gasteiger partial charge in [0.15, 0.2) is 0 Å². The number of anilines is 4. The standard InChI is InChI=1S/C23H32FN7O3/c1-15(2)13-18(20(33)34-3)27-23-29-21(25-10-6-12-31-11-5-9-19(31)32)28-22(30-23)26-17-8-4-7-16(24)14-17/h4,7-8,14-15,18H,5-6,9-13H2,1-3H3,(H3,25,26,27,28,29,30)/t18-/m0/s1. The Balaban J connectivity index is 1.74. The Morgan fingerprint density at radius 3 is 2.65 bits per heavy atom. The van der Waals surface area contributed by atoms with E-state index in [2.05, 4.69) is 30.9 Å². The number of esters is 1. The molecule has 2 heterocycles. The molecule has 1 aliphatic heterocycles. The zero-order valence-corrected chi connectivity index (χ0v) is 19.8. The van der Waals surface area contributed by atoms with Crippen molar-refractivity contribution in [2.45, 2.75) is 45.6 Å². The molecular formula is C23H32FN7O3. The van der Waals surface area contributed by atoms with E-state index in [0.29, 0.717) is 31.6 Å². The van der Waals surface area contributed by atoms with E-state index in [1.54, 1.807) is 12.1 Å². The van der Waals surface area contributed by atoms with Crippen molar-refractivity contribution in [3.05, 3.63) is 30.1 Å². The molecule has 0 unspecified atom stereocenters. The maximum atomic E-state index is 13.6. The molecular weight excluding hydrogens is 441 g/mol. The number of rotatable bonds is 12. The monoisotopic (exact) mass is 473 g/mol. The SMILES string of the molecule is COC(=O)[C@H](CC(C)C)Nc1nc(NCCCN2CCCC2=O)nc(Nc2cccc(F)c2)n1. The summed E-state index contributed by atoms with van der Waals surface area (Å²) in [6, 6.07) is 5.30. The van der Waals surface area contributed by atoms with E-state index < -0.39 is 17.8 Å². The van der Waals surface area contributed by atoms with E-state index in [1.165, 1.54) is 19.2 Å². The van der Waals surface area contributed by atoms with Gasteiger partial charge in [-0.3, -0.25) is 4.79 Å². The molecule has 0 aliphatic carbocycles. The molecule has 3 N–H and O–H groups in total. The second-order valence-corrected chi connectivity index (χ2v) is 8.56. The highest BCUT2D eigenvalue weighted by molar-refractivity contribution is 5.78. The van der Waals surface area contributed by atoms with Crippen molar-refractivity contribution in [3.8, 4) is 0 Å². The van der Waals surface area contributed by atoms with Crippen LogP contribution in [0.2, 0.25) is 0 Å². The number of nitrogens with one attached hydrogen (secondary N) is 3. The number of likely N-dealkylation sites (tertiary alicyclic amines) is 1. The number of ether oxygens (including phenoxy) is 1. The third-order valence-electron chi connectivity index (χ3n) is 5.27. The molecule has 1 aromatic carbocycles. The molecule has 1 aliphatic rings. The molecule has 1 saturated heterocycles. The minimum Gasteiger partial charge on any atom is -0.467 e. The third kappa shape index (κ3) is 7.53. The lowest BCUT2D eigenvalue weighted by molar-refractivity contribution is -0.141. The van der Waals surface area contributed by atoms with E-state index in [0.717, 1.165) is 19.4 Å². The first-order valence-electron chi connectivity index (χ1n) is 11.5. The second-order valence-electron chi connectivity index (χ2n) is 8.56. The van der Waals surface area contributed by atoms with Crippen molar-refractivity contribution in [2.75, 3.05) is 42.7 Å². The van der Waals surface area contributed by atoms with Gasteiger partial charge in [-0.25, -0.2) is 9.18 Å². The molecule has 0 radical (unpaired) electrons. The van der Waals surface area contributed by atoms with Crippen molar-refractivity contribution in [2.24, 2.45) is 5.92 Å². The van der Waals surface area contributed by atoms with Crippen molar-refractivity contribution in [3.63, 3.8) is 0 Å². The average molecular weight is 474 g/mol. The third-order valence-corrected chi connectivity index (χ3v) is 5.27. The predicted molar refractivity (Wildman–Crippen MR) is 127 cm³/mol. The topological polar surface area (TPSA) is 121 Å². The van der Waals surface area contributed by atoms with Crippen LogP contribution in [-0.2, 0) is 14.3 Å². The van der Waals surface area contributed by atoms with Gasteiger partial charge in [-0.1, -0.05) is 19.9 Å². The van der Waals surface area contributed by atoms with Gasteiger partial charge in [-0.2, -0.15) is 15.0 Å². The smallest absolute Gasteiger partial charge is 0.328 e. The first-order valence-corrected chi connectivity index (χ1v) is 11.5. The summed E-state index contributed by atoms with van der Waals surface area (Å²) in [7, 11) is 1.33. The number of methoxy groups -OCH3 is 1. The maximum Gasteiger partial charge on any atom is 0.328 e. The van der Waals surface area contributed by atoms with E-state index in [9.17, 15) is 14.0 Å². The number of hydrogen-bond acceptors (Lipinski definition) is 9.